The number of hydrogen-bond donors (Lipinski definition) is 1. The first kappa shape index (κ1) is 16.1. The van der Waals surface area contributed by atoms with Gasteiger partial charge in [-0.3, -0.25) is 10.2 Å². The van der Waals surface area contributed by atoms with E-state index in [0.29, 0.717) is 6.04 Å². The van der Waals surface area contributed by atoms with Crippen LogP contribution in [0.15, 0.2) is 24.5 Å². The molecule has 1 aliphatic heterocycles. The van der Waals surface area contributed by atoms with E-state index < -0.39 is 0 Å². The highest BCUT2D eigenvalue weighted by atomic mass is 31.0. The van der Waals surface area contributed by atoms with Crippen molar-refractivity contribution in [3.8, 4) is 5.75 Å². The number of nitrogens with zero attached hydrogens (tertiary/aromatic N) is 3. The van der Waals surface area contributed by atoms with Crippen molar-refractivity contribution in [1.29, 1.82) is 0 Å². The number of imidazole rings is 1. The van der Waals surface area contributed by atoms with Gasteiger partial charge in [-0.2, -0.15) is 0 Å². The summed E-state index contributed by atoms with van der Waals surface area (Å²) in [5.41, 5.74) is 3.16. The molecule has 1 aromatic carbocycles. The van der Waals surface area contributed by atoms with Crippen molar-refractivity contribution in [2.75, 3.05) is 13.1 Å². The lowest BCUT2D eigenvalue weighted by molar-refractivity contribution is 0.0674. The van der Waals surface area contributed by atoms with Crippen LogP contribution in [-0.2, 0) is 7.05 Å². The van der Waals surface area contributed by atoms with E-state index in [1.165, 1.54) is 32.1 Å². The summed E-state index contributed by atoms with van der Waals surface area (Å²) < 4.78 is 8.19. The molecule has 5 nitrogen and oxygen atoms in total. The van der Waals surface area contributed by atoms with Crippen molar-refractivity contribution >= 4 is 25.4 Å². The number of nitrogens with one attached hydrogen (secondary N) is 1. The maximum absolute atomic E-state index is 6.17. The largest absolute Gasteiger partial charge is 0.485 e. The molecule has 128 valence electrons. The molecule has 0 unspecified atom stereocenters. The maximum Gasteiger partial charge on any atom is 0.147 e. The molecule has 1 aromatic heterocycles. The summed E-state index contributed by atoms with van der Waals surface area (Å²) in [5.74, 6) is 0.883. The van der Waals surface area contributed by atoms with Gasteiger partial charge in [0.2, 0.25) is 0 Å². The van der Waals surface area contributed by atoms with Crippen LogP contribution in [0.25, 0.3) is 11.0 Å². The number of para-hydroxylation sites is 1. The highest BCUT2D eigenvalue weighted by molar-refractivity contribution is 7.20. The minimum atomic E-state index is 0.220. The zero-order valence-electron chi connectivity index (χ0n) is 14.2. The Labute approximate surface area is 145 Å². The third-order valence-electron chi connectivity index (χ3n) is 5.12. The van der Waals surface area contributed by atoms with Gasteiger partial charge in [0.05, 0.1) is 17.4 Å². The molecular weight excluding hydrogens is 319 g/mol. The summed E-state index contributed by atoms with van der Waals surface area (Å²) in [6, 6.07) is 6.73. The van der Waals surface area contributed by atoms with Gasteiger partial charge in [-0.1, -0.05) is 34.2 Å². The molecule has 4 rings (SSSR count). The lowest BCUT2D eigenvalue weighted by Crippen LogP contribution is -2.59. The van der Waals surface area contributed by atoms with Gasteiger partial charge >= 0.3 is 0 Å². The SMILES string of the molecule is Cn1cnc2c(OC3CN(C(=P)NC4CCCCC4)C3)cccc21. The molecule has 1 saturated heterocycles. The summed E-state index contributed by atoms with van der Waals surface area (Å²) in [7, 11) is 5.77. The van der Waals surface area contributed by atoms with Gasteiger partial charge in [0, 0.05) is 26.2 Å². The van der Waals surface area contributed by atoms with Crippen LogP contribution in [0.4, 0.5) is 0 Å². The lowest BCUT2D eigenvalue weighted by atomic mass is 9.96. The molecule has 0 radical (unpaired) electrons. The van der Waals surface area contributed by atoms with E-state index in [1.807, 2.05) is 30.1 Å². The van der Waals surface area contributed by atoms with E-state index in [-0.39, 0.29) is 6.10 Å². The van der Waals surface area contributed by atoms with Crippen LogP contribution in [0.3, 0.4) is 0 Å². The van der Waals surface area contributed by atoms with Crippen LogP contribution in [-0.4, -0.2) is 45.2 Å². The first-order valence-corrected chi connectivity index (χ1v) is 9.37. The van der Waals surface area contributed by atoms with Gasteiger partial charge in [0.1, 0.15) is 17.4 Å². The molecule has 1 saturated carbocycles. The normalized spacial score (nSPS) is 20.2. The molecule has 6 heteroatoms. The molecule has 2 fully saturated rings. The summed E-state index contributed by atoms with van der Waals surface area (Å²) in [4.78, 5) is 6.76. The second-order valence-electron chi connectivity index (χ2n) is 6.95. The third-order valence-corrected chi connectivity index (χ3v) is 5.58. The first-order valence-electron chi connectivity index (χ1n) is 8.87. The standard InChI is InChI=1S/C18H25N4OP/c1-21-12-19-17-15(21)8-5-9-16(17)23-14-10-22(11-14)18(24)20-13-6-3-2-4-7-13/h5,8-9,12-14,20,24H,2-4,6-7,10-11H2,1H3. The molecule has 2 heterocycles. The van der Waals surface area contributed by atoms with E-state index in [0.717, 1.165) is 35.4 Å². The highest BCUT2D eigenvalue weighted by Crippen LogP contribution is 2.27. The number of fused-ring (bicyclic) bond motifs is 1. The van der Waals surface area contributed by atoms with Gasteiger partial charge in [0.25, 0.3) is 0 Å². The van der Waals surface area contributed by atoms with Crippen molar-refractivity contribution in [3.05, 3.63) is 24.5 Å². The number of rotatable bonds is 5. The molecule has 0 amide bonds. The van der Waals surface area contributed by atoms with Crippen LogP contribution in [0, 0.1) is 0 Å². The van der Waals surface area contributed by atoms with Crippen molar-refractivity contribution in [2.24, 2.45) is 7.05 Å². The molecule has 2 aromatic rings. The van der Waals surface area contributed by atoms with E-state index in [4.69, 9.17) is 4.74 Å². The predicted octanol–water partition coefficient (Wildman–Crippen LogP) is 2.79. The Kier molecular flexibility index (Phi) is 4.57. The number of aromatic nitrogens is 2. The Hall–Kier alpha value is -1.42. The molecule has 24 heavy (non-hydrogen) atoms. The topological polar surface area (TPSA) is 42.3 Å². The van der Waals surface area contributed by atoms with Gasteiger partial charge in [0.15, 0.2) is 0 Å². The summed E-state index contributed by atoms with van der Waals surface area (Å²) in [6.07, 6.45) is 8.69. The minimum absolute atomic E-state index is 0.220. The average molecular weight is 344 g/mol. The van der Waals surface area contributed by atoms with Crippen LogP contribution in [0.2, 0.25) is 0 Å². The Morgan fingerprint density at radius 1 is 1.25 bits per heavy atom. The van der Waals surface area contributed by atoms with Crippen LogP contribution in [0.5, 0.6) is 5.75 Å². The summed E-state index contributed by atoms with van der Waals surface area (Å²) >= 11 is 0. The van der Waals surface area contributed by atoms with Crippen molar-refractivity contribution < 1.29 is 4.74 Å². The molecule has 0 spiro atoms. The van der Waals surface area contributed by atoms with Crippen molar-refractivity contribution in [1.82, 2.24) is 19.8 Å². The number of benzene rings is 1. The summed E-state index contributed by atoms with van der Waals surface area (Å²) in [6.45, 7) is 1.81. The van der Waals surface area contributed by atoms with E-state index >= 15 is 0 Å². The van der Waals surface area contributed by atoms with Gasteiger partial charge in [-0.15, -0.1) is 0 Å². The summed E-state index contributed by atoms with van der Waals surface area (Å²) in [5, 5.41) is 3.62. The van der Waals surface area contributed by atoms with Gasteiger partial charge in [-0.25, -0.2) is 4.98 Å². The number of hydrogen-bond acceptors (Lipinski definition) is 2. The molecule has 1 aliphatic carbocycles. The lowest BCUT2D eigenvalue weighted by Gasteiger charge is -2.40. The van der Waals surface area contributed by atoms with Crippen LogP contribution in [0.1, 0.15) is 32.1 Å². The molecule has 1 N–H and O–H groups in total. The monoisotopic (exact) mass is 344 g/mol. The quantitative estimate of drug-likeness (QED) is 0.847. The molecule has 2 aliphatic rings. The predicted molar refractivity (Wildman–Crippen MR) is 100 cm³/mol. The smallest absolute Gasteiger partial charge is 0.147 e. The second kappa shape index (κ2) is 6.83. The minimum Gasteiger partial charge on any atom is -0.485 e. The second-order valence-corrected chi connectivity index (χ2v) is 7.43. The first-order chi connectivity index (χ1) is 11.7. The number of likely N-dealkylation sites (tertiary alicyclic amines) is 1. The maximum atomic E-state index is 6.17. The fourth-order valence-corrected chi connectivity index (χ4v) is 4.02. The zero-order valence-corrected chi connectivity index (χ0v) is 15.2. The van der Waals surface area contributed by atoms with E-state index in [1.54, 1.807) is 0 Å². The molecule has 0 atom stereocenters. The highest BCUT2D eigenvalue weighted by Gasteiger charge is 2.32. The number of ether oxygens (including phenoxy) is 1. The Balaban J connectivity index is 1.31. The van der Waals surface area contributed by atoms with Crippen molar-refractivity contribution in [3.63, 3.8) is 0 Å². The van der Waals surface area contributed by atoms with Crippen LogP contribution < -0.4 is 10.1 Å². The zero-order chi connectivity index (χ0) is 16.5. The average Bonchev–Trinajstić information content (AvgIpc) is 2.93. The van der Waals surface area contributed by atoms with Crippen molar-refractivity contribution in [2.45, 2.75) is 44.2 Å². The van der Waals surface area contributed by atoms with Gasteiger partial charge in [-0.05, 0) is 25.0 Å². The molecular formula is C18H25N4OP. The van der Waals surface area contributed by atoms with E-state index in [9.17, 15) is 0 Å². The number of aryl methyl sites for hydroxylation is 1. The molecule has 0 bridgehead atoms. The Morgan fingerprint density at radius 2 is 2.04 bits per heavy atom. The third kappa shape index (κ3) is 3.21. The van der Waals surface area contributed by atoms with Crippen LogP contribution >= 0.6 is 8.86 Å². The van der Waals surface area contributed by atoms with Gasteiger partial charge < -0.3 is 9.30 Å². The Bertz CT molecular complexity index is 732. The fourth-order valence-electron chi connectivity index (χ4n) is 3.63. The fraction of sp³-hybridized carbons (Fsp3) is 0.556. The van der Waals surface area contributed by atoms with E-state index in [2.05, 4.69) is 30.1 Å². The Morgan fingerprint density at radius 3 is 2.83 bits per heavy atom.